The molecule has 3 rings (SSSR count). The van der Waals surface area contributed by atoms with Gasteiger partial charge in [-0.2, -0.15) is 0 Å². The Morgan fingerprint density at radius 2 is 2.04 bits per heavy atom. The van der Waals surface area contributed by atoms with E-state index in [1.165, 1.54) is 29.7 Å². The second-order valence-electron chi connectivity index (χ2n) is 5.12. The minimum Gasteiger partial charge on any atom is -0.486 e. The molecule has 9 heteroatoms. The van der Waals surface area contributed by atoms with Crippen LogP contribution >= 0.6 is 34.5 Å². The van der Waals surface area contributed by atoms with Crippen molar-refractivity contribution in [3.63, 3.8) is 0 Å². The van der Waals surface area contributed by atoms with Gasteiger partial charge in [0, 0.05) is 17.8 Å². The summed E-state index contributed by atoms with van der Waals surface area (Å²) in [6.07, 6.45) is 1.37. The van der Waals surface area contributed by atoms with Gasteiger partial charge in [-0.15, -0.1) is 11.3 Å². The molecule has 0 aliphatic rings. The first kappa shape index (κ1) is 18.6. The minimum atomic E-state index is -0.790. The summed E-state index contributed by atoms with van der Waals surface area (Å²) in [6.45, 7) is 0.0340. The van der Waals surface area contributed by atoms with Crippen molar-refractivity contribution in [1.29, 1.82) is 0 Å². The Morgan fingerprint density at radius 1 is 1.23 bits per heavy atom. The number of thiophene rings is 1. The highest BCUT2D eigenvalue weighted by Gasteiger charge is 2.13. The molecule has 1 amide bonds. The number of halogens is 4. The minimum absolute atomic E-state index is 0.0340. The van der Waals surface area contributed by atoms with Crippen molar-refractivity contribution in [2.45, 2.75) is 6.61 Å². The van der Waals surface area contributed by atoms with Crippen LogP contribution < -0.4 is 10.1 Å². The zero-order valence-electron chi connectivity index (χ0n) is 12.9. The monoisotopic (exact) mass is 414 g/mol. The summed E-state index contributed by atoms with van der Waals surface area (Å²) < 4.78 is 31.7. The van der Waals surface area contributed by atoms with Crippen LogP contribution in [0.2, 0.25) is 10.0 Å². The zero-order chi connectivity index (χ0) is 18.7. The van der Waals surface area contributed by atoms with E-state index in [9.17, 15) is 13.6 Å². The molecule has 0 saturated carbocycles. The molecular formula is C17H10Cl2F2N2O2S. The number of anilines is 1. The maximum absolute atomic E-state index is 13.5. The molecule has 2 heterocycles. The highest BCUT2D eigenvalue weighted by Crippen LogP contribution is 2.25. The van der Waals surface area contributed by atoms with Gasteiger partial charge >= 0.3 is 0 Å². The quantitative estimate of drug-likeness (QED) is 0.594. The molecular weight excluding hydrogens is 405 g/mol. The fourth-order valence-corrected chi connectivity index (χ4v) is 3.22. The Balaban J connectivity index is 1.64. The average molecular weight is 415 g/mol. The van der Waals surface area contributed by atoms with Gasteiger partial charge in [0.1, 0.15) is 12.4 Å². The van der Waals surface area contributed by atoms with Gasteiger partial charge in [-0.3, -0.25) is 4.79 Å². The largest absolute Gasteiger partial charge is 0.486 e. The van der Waals surface area contributed by atoms with Gasteiger partial charge in [-0.05, 0) is 29.6 Å². The van der Waals surface area contributed by atoms with E-state index in [1.807, 2.05) is 0 Å². The molecule has 0 aliphatic heterocycles. The van der Waals surface area contributed by atoms with Crippen molar-refractivity contribution in [3.05, 3.63) is 74.0 Å². The molecule has 134 valence electrons. The highest BCUT2D eigenvalue weighted by molar-refractivity contribution is 7.12. The van der Waals surface area contributed by atoms with Crippen LogP contribution in [0.3, 0.4) is 0 Å². The van der Waals surface area contributed by atoms with E-state index in [0.717, 1.165) is 12.1 Å². The number of benzene rings is 1. The number of hydrogen-bond donors (Lipinski definition) is 1. The third kappa shape index (κ3) is 4.49. The van der Waals surface area contributed by atoms with Crippen molar-refractivity contribution in [2.24, 2.45) is 0 Å². The van der Waals surface area contributed by atoms with Crippen LogP contribution in [0.1, 0.15) is 15.2 Å². The van der Waals surface area contributed by atoms with Gasteiger partial charge in [0.25, 0.3) is 5.91 Å². The molecule has 0 saturated heterocycles. The Labute approximate surface area is 161 Å². The van der Waals surface area contributed by atoms with E-state index in [4.69, 9.17) is 27.9 Å². The first-order chi connectivity index (χ1) is 12.4. The molecule has 0 spiro atoms. The molecule has 0 unspecified atom stereocenters. The van der Waals surface area contributed by atoms with Gasteiger partial charge in [0.05, 0.1) is 14.9 Å². The SMILES string of the molecule is O=C(Nc1ncc(Cl)cc1Cl)c1cc(COc2ccc(F)cc2F)cs1. The topological polar surface area (TPSA) is 51.2 Å². The standard InChI is InChI=1S/C17H10Cl2F2N2O2S/c18-10-4-12(19)16(22-6-10)23-17(24)15-3-9(8-26-15)7-25-14-2-1-11(20)5-13(14)21/h1-6,8H,7H2,(H,22,23,24). The first-order valence-corrected chi connectivity index (χ1v) is 8.83. The fraction of sp³-hybridized carbons (Fsp3) is 0.0588. The van der Waals surface area contributed by atoms with Gasteiger partial charge in [-0.25, -0.2) is 13.8 Å². The Kier molecular flexibility index (Phi) is 5.70. The second-order valence-corrected chi connectivity index (χ2v) is 6.88. The third-order valence-corrected chi connectivity index (χ3v) is 4.68. The van der Waals surface area contributed by atoms with Crippen LogP contribution in [0.4, 0.5) is 14.6 Å². The molecule has 26 heavy (non-hydrogen) atoms. The summed E-state index contributed by atoms with van der Waals surface area (Å²) in [5, 5.41) is 4.86. The Hall–Kier alpha value is -2.22. The summed E-state index contributed by atoms with van der Waals surface area (Å²) in [7, 11) is 0. The van der Waals surface area contributed by atoms with Crippen molar-refractivity contribution >= 4 is 46.3 Å². The van der Waals surface area contributed by atoms with Crippen molar-refractivity contribution < 1.29 is 18.3 Å². The lowest BCUT2D eigenvalue weighted by molar-refractivity contribution is 0.103. The molecule has 0 bridgehead atoms. The van der Waals surface area contributed by atoms with Crippen LogP contribution in [-0.4, -0.2) is 10.9 Å². The normalized spacial score (nSPS) is 10.6. The van der Waals surface area contributed by atoms with Gasteiger partial charge in [-0.1, -0.05) is 23.2 Å². The molecule has 2 aromatic heterocycles. The lowest BCUT2D eigenvalue weighted by atomic mass is 10.3. The van der Waals surface area contributed by atoms with Gasteiger partial charge in [0.15, 0.2) is 17.4 Å². The van der Waals surface area contributed by atoms with E-state index in [2.05, 4.69) is 10.3 Å². The van der Waals surface area contributed by atoms with E-state index >= 15 is 0 Å². The lowest BCUT2D eigenvalue weighted by Gasteiger charge is -2.06. The van der Waals surface area contributed by atoms with Crippen molar-refractivity contribution in [2.75, 3.05) is 5.32 Å². The molecule has 1 aromatic carbocycles. The number of rotatable bonds is 5. The van der Waals surface area contributed by atoms with E-state index in [-0.39, 0.29) is 23.2 Å². The predicted octanol–water partition coefficient (Wildman–Crippen LogP) is 5.56. The van der Waals surface area contributed by atoms with E-state index in [1.54, 1.807) is 11.4 Å². The van der Waals surface area contributed by atoms with Crippen LogP contribution in [-0.2, 0) is 6.61 Å². The summed E-state index contributed by atoms with van der Waals surface area (Å²) in [6, 6.07) is 6.12. The number of nitrogens with zero attached hydrogens (tertiary/aromatic N) is 1. The summed E-state index contributed by atoms with van der Waals surface area (Å²) in [4.78, 5) is 16.6. The number of carbonyl (C=O) groups is 1. The molecule has 3 aromatic rings. The Bertz CT molecular complexity index is 966. The summed E-state index contributed by atoms with van der Waals surface area (Å²) in [5.41, 5.74) is 0.666. The zero-order valence-corrected chi connectivity index (χ0v) is 15.3. The number of nitrogens with one attached hydrogen (secondary N) is 1. The third-order valence-electron chi connectivity index (χ3n) is 3.21. The second kappa shape index (κ2) is 7.99. The van der Waals surface area contributed by atoms with Crippen LogP contribution in [0.5, 0.6) is 5.75 Å². The molecule has 1 N–H and O–H groups in total. The van der Waals surface area contributed by atoms with Crippen LogP contribution in [0.25, 0.3) is 0 Å². The summed E-state index contributed by atoms with van der Waals surface area (Å²) in [5.74, 6) is -1.74. The molecule has 0 atom stereocenters. The average Bonchev–Trinajstić information content (AvgIpc) is 3.06. The highest BCUT2D eigenvalue weighted by atomic mass is 35.5. The maximum atomic E-state index is 13.5. The molecule has 0 fully saturated rings. The molecule has 0 radical (unpaired) electrons. The van der Waals surface area contributed by atoms with Gasteiger partial charge < -0.3 is 10.1 Å². The van der Waals surface area contributed by atoms with Crippen LogP contribution in [0.15, 0.2) is 41.9 Å². The number of carbonyl (C=O) groups excluding carboxylic acids is 1. The van der Waals surface area contributed by atoms with E-state index < -0.39 is 17.5 Å². The number of aromatic nitrogens is 1. The Morgan fingerprint density at radius 3 is 2.77 bits per heavy atom. The fourth-order valence-electron chi connectivity index (χ4n) is 2.00. The van der Waals surface area contributed by atoms with Crippen LogP contribution in [0, 0.1) is 11.6 Å². The van der Waals surface area contributed by atoms with Crippen molar-refractivity contribution in [1.82, 2.24) is 4.98 Å². The predicted molar refractivity (Wildman–Crippen MR) is 97.2 cm³/mol. The van der Waals surface area contributed by atoms with Crippen molar-refractivity contribution in [3.8, 4) is 5.75 Å². The lowest BCUT2D eigenvalue weighted by Crippen LogP contribution is -2.11. The van der Waals surface area contributed by atoms with Gasteiger partial charge in [0.2, 0.25) is 0 Å². The number of amides is 1. The molecule has 4 nitrogen and oxygen atoms in total. The number of ether oxygens (including phenoxy) is 1. The first-order valence-electron chi connectivity index (χ1n) is 7.20. The van der Waals surface area contributed by atoms with E-state index in [0.29, 0.717) is 15.5 Å². The number of pyridine rings is 1. The number of hydrogen-bond acceptors (Lipinski definition) is 4. The smallest absolute Gasteiger partial charge is 0.266 e. The molecule has 0 aliphatic carbocycles. The summed E-state index contributed by atoms with van der Waals surface area (Å²) >= 11 is 12.9. The maximum Gasteiger partial charge on any atom is 0.266 e.